The average Bonchev–Trinajstić information content (AvgIpc) is 2.23. The van der Waals surface area contributed by atoms with Gasteiger partial charge in [-0.05, 0) is 0 Å². The molecule has 0 aromatic rings. The third-order valence-corrected chi connectivity index (χ3v) is 1.37. The van der Waals surface area contributed by atoms with E-state index in [9.17, 15) is 19.4 Å². The van der Waals surface area contributed by atoms with Gasteiger partial charge in [-0.25, -0.2) is 14.5 Å². The molecular weight excluding hydrogens is 194 g/mol. The predicted molar refractivity (Wildman–Crippen MR) is 45.7 cm³/mol. The van der Waals surface area contributed by atoms with Crippen molar-refractivity contribution < 1.29 is 9.59 Å². The van der Waals surface area contributed by atoms with Crippen molar-refractivity contribution in [1.82, 2.24) is 14.9 Å². The fraction of sp³-hybridized carbons (Fsp3) is 0.600. The van der Waals surface area contributed by atoms with Crippen LogP contribution in [0.25, 0.3) is 0 Å². The number of nitroso groups, excluding NO2 is 2. The van der Waals surface area contributed by atoms with E-state index >= 15 is 0 Å². The summed E-state index contributed by atoms with van der Waals surface area (Å²) in [5.74, 6) is 0. The van der Waals surface area contributed by atoms with Crippen LogP contribution in [0.1, 0.15) is 0 Å². The molecule has 0 aliphatic heterocycles. The standard InChI is InChI=1S/C5H9N5O4/c1-8(4(11)9(2)6-13)5(12)10(3)7-14/h1-3H3. The summed E-state index contributed by atoms with van der Waals surface area (Å²) in [5.41, 5.74) is 0. The highest BCUT2D eigenvalue weighted by molar-refractivity contribution is 5.92. The van der Waals surface area contributed by atoms with Crippen LogP contribution in [0.15, 0.2) is 10.6 Å². The van der Waals surface area contributed by atoms with Gasteiger partial charge in [0.05, 0.1) is 10.6 Å². The molecule has 4 amide bonds. The highest BCUT2D eigenvalue weighted by atomic mass is 16.3. The van der Waals surface area contributed by atoms with E-state index in [4.69, 9.17) is 0 Å². The minimum absolute atomic E-state index is 0.413. The van der Waals surface area contributed by atoms with Crippen LogP contribution in [0.5, 0.6) is 0 Å². The van der Waals surface area contributed by atoms with Gasteiger partial charge in [-0.2, -0.15) is 10.0 Å². The number of nitrogens with zero attached hydrogens (tertiary/aromatic N) is 5. The van der Waals surface area contributed by atoms with Gasteiger partial charge in [0, 0.05) is 21.1 Å². The molecule has 0 saturated carbocycles. The Morgan fingerprint density at radius 2 is 1.14 bits per heavy atom. The molecule has 0 N–H and O–H groups in total. The molecule has 78 valence electrons. The van der Waals surface area contributed by atoms with E-state index in [1.165, 1.54) is 0 Å². The van der Waals surface area contributed by atoms with E-state index < -0.39 is 12.1 Å². The second kappa shape index (κ2) is 4.84. The Morgan fingerprint density at radius 3 is 1.36 bits per heavy atom. The van der Waals surface area contributed by atoms with Crippen molar-refractivity contribution in [2.24, 2.45) is 10.6 Å². The van der Waals surface area contributed by atoms with E-state index in [-0.39, 0.29) is 0 Å². The number of carbonyl (C=O) groups excluding carboxylic acids is 2. The van der Waals surface area contributed by atoms with Crippen LogP contribution >= 0.6 is 0 Å². The average molecular weight is 203 g/mol. The molecular formula is C5H9N5O4. The van der Waals surface area contributed by atoms with Gasteiger partial charge in [-0.1, -0.05) is 0 Å². The lowest BCUT2D eigenvalue weighted by molar-refractivity contribution is 0.154. The van der Waals surface area contributed by atoms with Gasteiger partial charge < -0.3 is 0 Å². The van der Waals surface area contributed by atoms with E-state index in [1.807, 2.05) is 0 Å². The number of amides is 4. The Morgan fingerprint density at radius 1 is 0.857 bits per heavy atom. The molecule has 0 rings (SSSR count). The third kappa shape index (κ3) is 2.47. The Balaban J connectivity index is 4.53. The molecule has 0 bridgehead atoms. The largest absolute Gasteiger partial charge is 0.350 e. The summed E-state index contributed by atoms with van der Waals surface area (Å²) in [5, 5.41) is 5.41. The molecule has 0 saturated heterocycles. The van der Waals surface area contributed by atoms with Crippen molar-refractivity contribution in [3.8, 4) is 0 Å². The van der Waals surface area contributed by atoms with E-state index in [1.54, 1.807) is 0 Å². The van der Waals surface area contributed by atoms with Crippen molar-refractivity contribution in [3.05, 3.63) is 9.81 Å². The molecule has 9 nitrogen and oxygen atoms in total. The molecule has 9 heteroatoms. The molecule has 0 aliphatic carbocycles. The summed E-state index contributed by atoms with van der Waals surface area (Å²) in [7, 11) is 3.24. The summed E-state index contributed by atoms with van der Waals surface area (Å²) in [6, 6.07) is -1.92. The van der Waals surface area contributed by atoms with Crippen LogP contribution in [0, 0.1) is 9.81 Å². The first-order valence-electron chi connectivity index (χ1n) is 3.41. The highest BCUT2D eigenvalue weighted by Crippen LogP contribution is 1.99. The molecule has 0 spiro atoms. The first-order chi connectivity index (χ1) is 6.45. The van der Waals surface area contributed by atoms with Crippen LogP contribution in [0.4, 0.5) is 9.59 Å². The molecule has 0 aromatic carbocycles. The SMILES string of the molecule is CN(N=O)C(=O)N(C)C(=O)N(C)N=O. The van der Waals surface area contributed by atoms with Gasteiger partial charge in [-0.15, -0.1) is 9.81 Å². The van der Waals surface area contributed by atoms with Gasteiger partial charge in [-0.3, -0.25) is 0 Å². The molecule has 0 aromatic heterocycles. The summed E-state index contributed by atoms with van der Waals surface area (Å²) in [6.07, 6.45) is 0. The molecule has 0 aliphatic rings. The van der Waals surface area contributed by atoms with Gasteiger partial charge in [0.2, 0.25) is 0 Å². The van der Waals surface area contributed by atoms with Gasteiger partial charge >= 0.3 is 12.1 Å². The molecule has 0 atom stereocenters. The zero-order valence-corrected chi connectivity index (χ0v) is 7.87. The highest BCUT2D eigenvalue weighted by Gasteiger charge is 2.24. The smallest absolute Gasteiger partial charge is 0.246 e. The minimum Gasteiger partial charge on any atom is -0.246 e. The van der Waals surface area contributed by atoms with Crippen LogP contribution in [0.2, 0.25) is 0 Å². The maximum absolute atomic E-state index is 11.1. The Kier molecular flexibility index (Phi) is 4.13. The number of imide groups is 1. The van der Waals surface area contributed by atoms with Crippen molar-refractivity contribution in [3.63, 3.8) is 0 Å². The number of hydrogen-bond acceptors (Lipinski definition) is 6. The van der Waals surface area contributed by atoms with Gasteiger partial charge in [0.1, 0.15) is 0 Å². The number of urea groups is 2. The molecule has 14 heavy (non-hydrogen) atoms. The Hall–Kier alpha value is -2.06. The first kappa shape index (κ1) is 11.9. The van der Waals surface area contributed by atoms with Crippen LogP contribution in [-0.2, 0) is 0 Å². The lowest BCUT2D eigenvalue weighted by Gasteiger charge is -2.19. The Bertz CT molecular complexity index is 241. The van der Waals surface area contributed by atoms with E-state index in [2.05, 4.69) is 10.6 Å². The zero-order valence-electron chi connectivity index (χ0n) is 7.87. The maximum Gasteiger partial charge on any atom is 0.350 e. The minimum atomic E-state index is -0.958. The van der Waals surface area contributed by atoms with Crippen molar-refractivity contribution in [1.29, 1.82) is 0 Å². The number of rotatable bonds is 2. The fourth-order valence-electron chi connectivity index (χ4n) is 0.586. The molecule has 0 radical (unpaired) electrons. The second-order valence-corrected chi connectivity index (χ2v) is 2.33. The summed E-state index contributed by atoms with van der Waals surface area (Å²) < 4.78 is 0. The monoisotopic (exact) mass is 203 g/mol. The normalized spacial score (nSPS) is 8.79. The molecule has 0 heterocycles. The summed E-state index contributed by atoms with van der Waals surface area (Å²) in [6.45, 7) is 0. The van der Waals surface area contributed by atoms with E-state index in [0.717, 1.165) is 21.1 Å². The van der Waals surface area contributed by atoms with Crippen molar-refractivity contribution >= 4 is 12.1 Å². The summed E-state index contributed by atoms with van der Waals surface area (Å²) >= 11 is 0. The van der Waals surface area contributed by atoms with Gasteiger partial charge in [0.25, 0.3) is 0 Å². The lowest BCUT2D eigenvalue weighted by atomic mass is 10.7. The lowest BCUT2D eigenvalue weighted by Crippen LogP contribution is -2.44. The van der Waals surface area contributed by atoms with Crippen LogP contribution < -0.4 is 0 Å². The van der Waals surface area contributed by atoms with E-state index in [0.29, 0.717) is 14.9 Å². The third-order valence-electron chi connectivity index (χ3n) is 1.37. The second-order valence-electron chi connectivity index (χ2n) is 2.33. The fourth-order valence-corrected chi connectivity index (χ4v) is 0.586. The zero-order chi connectivity index (χ0) is 11.3. The predicted octanol–water partition coefficient (Wildman–Crippen LogP) is 0.385. The summed E-state index contributed by atoms with van der Waals surface area (Å²) in [4.78, 5) is 42.6. The number of hydrogen-bond donors (Lipinski definition) is 0. The topological polar surface area (TPSA) is 103 Å². The first-order valence-corrected chi connectivity index (χ1v) is 3.41. The molecule has 0 fully saturated rings. The maximum atomic E-state index is 11.1. The van der Waals surface area contributed by atoms with Crippen LogP contribution in [0.3, 0.4) is 0 Å². The quantitative estimate of drug-likeness (QED) is 0.478. The van der Waals surface area contributed by atoms with Crippen molar-refractivity contribution in [2.75, 3.05) is 21.1 Å². The number of carbonyl (C=O) groups is 2. The van der Waals surface area contributed by atoms with Crippen LogP contribution in [-0.4, -0.2) is 48.1 Å². The van der Waals surface area contributed by atoms with Gasteiger partial charge in [0.15, 0.2) is 0 Å². The Labute approximate surface area is 79.1 Å². The van der Waals surface area contributed by atoms with Crippen molar-refractivity contribution in [2.45, 2.75) is 0 Å². The molecule has 0 unspecified atom stereocenters.